The molecule has 98 valence electrons. The summed E-state index contributed by atoms with van der Waals surface area (Å²) in [4.78, 5) is 21.7. The standard InChI is InChI=1S/C16H10O4.2Na/c17-15(18)13-9-8-12(10-14(13)16(19)20)7-6-11-4-2-1-3-5-11;;/h1-5,8-10H,(H,17,18)(H,19,20);;/q;2*+1/p-2. The van der Waals surface area contributed by atoms with Gasteiger partial charge in [-0.15, -0.1) is 0 Å². The Morgan fingerprint density at radius 3 is 1.82 bits per heavy atom. The second-order valence-electron chi connectivity index (χ2n) is 3.95. The van der Waals surface area contributed by atoms with Crippen molar-refractivity contribution in [2.75, 3.05) is 0 Å². The molecule has 0 aliphatic carbocycles. The van der Waals surface area contributed by atoms with Crippen molar-refractivity contribution in [2.24, 2.45) is 0 Å². The molecule has 2 aromatic rings. The maximum Gasteiger partial charge on any atom is 1.00 e. The first-order valence-electron chi connectivity index (χ1n) is 5.72. The monoisotopic (exact) mass is 310 g/mol. The van der Waals surface area contributed by atoms with Crippen LogP contribution in [-0.2, 0) is 0 Å². The second-order valence-corrected chi connectivity index (χ2v) is 3.95. The Morgan fingerprint density at radius 1 is 0.727 bits per heavy atom. The number of carboxylic acids is 2. The Balaban J connectivity index is 0.00000220. The van der Waals surface area contributed by atoms with Gasteiger partial charge in [-0.2, -0.15) is 0 Å². The zero-order valence-electron chi connectivity index (χ0n) is 12.3. The molecule has 0 aromatic heterocycles. The van der Waals surface area contributed by atoms with Crippen LogP contribution in [0, 0.1) is 11.8 Å². The quantitative estimate of drug-likeness (QED) is 0.408. The minimum Gasteiger partial charge on any atom is -0.545 e. The molecular weight excluding hydrogens is 302 g/mol. The third kappa shape index (κ3) is 5.62. The summed E-state index contributed by atoms with van der Waals surface area (Å²) in [6.45, 7) is 0. The van der Waals surface area contributed by atoms with E-state index in [1.807, 2.05) is 30.3 Å². The average Bonchev–Trinajstić information content (AvgIpc) is 2.45. The first-order chi connectivity index (χ1) is 9.58. The summed E-state index contributed by atoms with van der Waals surface area (Å²) in [5.41, 5.74) is 0.296. The Labute approximate surface area is 172 Å². The van der Waals surface area contributed by atoms with Gasteiger partial charge in [0.05, 0.1) is 11.9 Å². The van der Waals surface area contributed by atoms with E-state index in [1.54, 1.807) is 0 Å². The van der Waals surface area contributed by atoms with E-state index in [9.17, 15) is 19.8 Å². The first-order valence-corrected chi connectivity index (χ1v) is 5.72. The van der Waals surface area contributed by atoms with Crippen molar-refractivity contribution in [3.8, 4) is 11.8 Å². The molecule has 0 N–H and O–H groups in total. The predicted molar refractivity (Wildman–Crippen MR) is 67.5 cm³/mol. The minimum atomic E-state index is -1.58. The van der Waals surface area contributed by atoms with Crippen LogP contribution in [0.2, 0.25) is 0 Å². The fraction of sp³-hybridized carbons (Fsp3) is 0. The maximum atomic E-state index is 10.9. The smallest absolute Gasteiger partial charge is 0.545 e. The van der Waals surface area contributed by atoms with Crippen LogP contribution in [0.25, 0.3) is 0 Å². The number of aromatic carboxylic acids is 2. The van der Waals surface area contributed by atoms with Crippen molar-refractivity contribution >= 4 is 11.9 Å². The summed E-state index contributed by atoms with van der Waals surface area (Å²) in [6.07, 6.45) is 0. The normalized spacial score (nSPS) is 8.55. The van der Waals surface area contributed by atoms with Crippen LogP contribution in [0.4, 0.5) is 0 Å². The molecule has 2 rings (SSSR count). The Bertz CT molecular complexity index is 731. The van der Waals surface area contributed by atoms with Gasteiger partial charge in [-0.3, -0.25) is 0 Å². The number of hydrogen-bond donors (Lipinski definition) is 0. The number of rotatable bonds is 2. The van der Waals surface area contributed by atoms with Gasteiger partial charge in [-0.1, -0.05) is 36.1 Å². The maximum absolute atomic E-state index is 10.9. The van der Waals surface area contributed by atoms with E-state index in [4.69, 9.17) is 0 Å². The summed E-state index contributed by atoms with van der Waals surface area (Å²) in [5.74, 6) is 2.48. The molecule has 0 atom stereocenters. The van der Waals surface area contributed by atoms with E-state index in [1.165, 1.54) is 6.07 Å². The van der Waals surface area contributed by atoms with Crippen LogP contribution >= 0.6 is 0 Å². The van der Waals surface area contributed by atoms with E-state index in [2.05, 4.69) is 11.8 Å². The van der Waals surface area contributed by atoms with E-state index >= 15 is 0 Å². The zero-order valence-corrected chi connectivity index (χ0v) is 16.3. The SMILES string of the molecule is O=C([O-])c1ccc(C#Cc2ccccc2)cc1C(=O)[O-].[Na+].[Na+]. The Morgan fingerprint density at radius 2 is 1.27 bits per heavy atom. The summed E-state index contributed by atoms with van der Waals surface area (Å²) >= 11 is 0. The molecule has 0 aliphatic heterocycles. The molecule has 0 bridgehead atoms. The van der Waals surface area contributed by atoms with Crippen molar-refractivity contribution in [2.45, 2.75) is 0 Å². The van der Waals surface area contributed by atoms with Crippen molar-refractivity contribution in [1.29, 1.82) is 0 Å². The van der Waals surface area contributed by atoms with Crippen molar-refractivity contribution in [1.82, 2.24) is 0 Å². The van der Waals surface area contributed by atoms with Gasteiger partial charge < -0.3 is 19.8 Å². The third-order valence-electron chi connectivity index (χ3n) is 2.58. The molecule has 6 heteroatoms. The van der Waals surface area contributed by atoms with Crippen LogP contribution in [-0.4, -0.2) is 11.9 Å². The molecule has 0 saturated heterocycles. The third-order valence-corrected chi connectivity index (χ3v) is 2.58. The van der Waals surface area contributed by atoms with E-state index < -0.39 is 23.1 Å². The molecule has 4 nitrogen and oxygen atoms in total. The van der Waals surface area contributed by atoms with E-state index in [0.717, 1.165) is 17.7 Å². The minimum absolute atomic E-state index is 0. The van der Waals surface area contributed by atoms with Crippen molar-refractivity contribution in [3.05, 3.63) is 70.8 Å². The first kappa shape index (κ1) is 20.9. The Kier molecular flexibility index (Phi) is 9.38. The Hall–Kier alpha value is -1.06. The van der Waals surface area contributed by atoms with Gasteiger partial charge in [0.2, 0.25) is 0 Å². The number of hydrogen-bond acceptors (Lipinski definition) is 4. The van der Waals surface area contributed by atoms with Gasteiger partial charge in [0.15, 0.2) is 0 Å². The van der Waals surface area contributed by atoms with Crippen molar-refractivity contribution < 1.29 is 78.9 Å². The predicted octanol–water partition coefficient (Wildman–Crippen LogP) is -6.18. The largest absolute Gasteiger partial charge is 1.00 e. The van der Waals surface area contributed by atoms with E-state index in [0.29, 0.717) is 5.56 Å². The fourth-order valence-corrected chi connectivity index (χ4v) is 1.63. The number of carbonyl (C=O) groups excluding carboxylic acids is 2. The molecule has 0 unspecified atom stereocenters. The fourth-order valence-electron chi connectivity index (χ4n) is 1.63. The zero-order chi connectivity index (χ0) is 14.5. The number of carbonyl (C=O) groups is 2. The molecule has 0 spiro atoms. The molecule has 2 aromatic carbocycles. The molecular formula is C16H8Na2O4. The van der Waals surface area contributed by atoms with Crippen LogP contribution in [0.15, 0.2) is 48.5 Å². The van der Waals surface area contributed by atoms with Crippen LogP contribution < -0.4 is 69.3 Å². The van der Waals surface area contributed by atoms with Crippen molar-refractivity contribution in [3.63, 3.8) is 0 Å². The molecule has 0 amide bonds. The van der Waals surface area contributed by atoms with Crippen LogP contribution in [0.5, 0.6) is 0 Å². The summed E-state index contributed by atoms with van der Waals surface area (Å²) in [5, 5.41) is 21.7. The summed E-state index contributed by atoms with van der Waals surface area (Å²) in [7, 11) is 0. The number of benzene rings is 2. The molecule has 0 radical (unpaired) electrons. The molecule has 22 heavy (non-hydrogen) atoms. The summed E-state index contributed by atoms with van der Waals surface area (Å²) < 4.78 is 0. The van der Waals surface area contributed by atoms with Crippen LogP contribution in [0.3, 0.4) is 0 Å². The second kappa shape index (κ2) is 9.86. The topological polar surface area (TPSA) is 80.3 Å². The molecule has 0 aliphatic rings. The van der Waals surface area contributed by atoms with Gasteiger partial charge in [0, 0.05) is 22.3 Å². The molecule has 0 saturated carbocycles. The van der Waals surface area contributed by atoms with Gasteiger partial charge in [0.1, 0.15) is 0 Å². The molecule has 0 fully saturated rings. The van der Waals surface area contributed by atoms with E-state index in [-0.39, 0.29) is 59.1 Å². The molecule has 0 heterocycles. The summed E-state index contributed by atoms with van der Waals surface area (Å²) in [6, 6.07) is 12.9. The number of carboxylic acid groups (broad SMARTS) is 2. The van der Waals surface area contributed by atoms with Gasteiger partial charge in [0.25, 0.3) is 0 Å². The van der Waals surface area contributed by atoms with Crippen LogP contribution in [0.1, 0.15) is 31.8 Å². The average molecular weight is 310 g/mol. The van der Waals surface area contributed by atoms with Gasteiger partial charge in [-0.05, 0) is 24.3 Å². The van der Waals surface area contributed by atoms with Gasteiger partial charge >= 0.3 is 59.1 Å². The van der Waals surface area contributed by atoms with Gasteiger partial charge in [-0.25, -0.2) is 0 Å².